The number of hydrogen-bond acceptors (Lipinski definition) is 5. The van der Waals surface area contributed by atoms with E-state index in [0.29, 0.717) is 5.02 Å². The highest BCUT2D eigenvalue weighted by Gasteiger charge is 2.25. The molecule has 1 aromatic heterocycles. The Bertz CT molecular complexity index is 461. The molecule has 0 bridgehead atoms. The molecule has 3 rings (SSSR count). The molecule has 2 aliphatic rings. The average Bonchev–Trinajstić information content (AvgIpc) is 2.51. The first-order valence-electron chi connectivity index (χ1n) is 7.87. The summed E-state index contributed by atoms with van der Waals surface area (Å²) in [5.74, 6) is 0.876. The van der Waals surface area contributed by atoms with Crippen molar-refractivity contribution in [3.8, 4) is 0 Å². The molecule has 0 saturated carbocycles. The third-order valence-electron chi connectivity index (χ3n) is 4.71. The summed E-state index contributed by atoms with van der Waals surface area (Å²) in [7, 11) is 2.26. The maximum absolute atomic E-state index is 6.18. The van der Waals surface area contributed by atoms with Crippen molar-refractivity contribution in [2.24, 2.45) is 0 Å². The van der Waals surface area contributed by atoms with Crippen molar-refractivity contribution in [1.29, 1.82) is 0 Å². The van der Waals surface area contributed by atoms with Crippen LogP contribution in [0.25, 0.3) is 0 Å². The lowest BCUT2D eigenvalue weighted by atomic mass is 10.0. The molecule has 21 heavy (non-hydrogen) atoms. The summed E-state index contributed by atoms with van der Waals surface area (Å²) in [4.78, 5) is 15.6. The van der Waals surface area contributed by atoms with Crippen molar-refractivity contribution in [3.05, 3.63) is 17.5 Å². The van der Waals surface area contributed by atoms with E-state index in [0.717, 1.165) is 38.0 Å². The van der Waals surface area contributed by atoms with Crippen molar-refractivity contribution in [1.82, 2.24) is 19.8 Å². The van der Waals surface area contributed by atoms with Crippen molar-refractivity contribution in [2.45, 2.75) is 25.3 Å². The molecule has 116 valence electrons. The Morgan fingerprint density at radius 2 is 2.00 bits per heavy atom. The molecule has 1 aromatic rings. The minimum atomic E-state index is 0.651. The van der Waals surface area contributed by atoms with Crippen LogP contribution in [0.15, 0.2) is 12.5 Å². The van der Waals surface area contributed by atoms with Gasteiger partial charge in [0.1, 0.15) is 11.3 Å². The highest BCUT2D eigenvalue weighted by molar-refractivity contribution is 6.32. The Kier molecular flexibility index (Phi) is 4.93. The second-order valence-corrected chi connectivity index (χ2v) is 6.52. The van der Waals surface area contributed by atoms with Gasteiger partial charge in [-0.2, -0.15) is 0 Å². The standard InChI is InChI=1S/C15H24ClN5/c1-19-5-3-2-4-13(19)11-20-6-8-21(9-7-20)15-14(16)10-17-12-18-15/h10,12-13H,2-9,11H2,1H3. The zero-order chi connectivity index (χ0) is 14.7. The van der Waals surface area contributed by atoms with Crippen LogP contribution in [0.5, 0.6) is 0 Å². The zero-order valence-corrected chi connectivity index (χ0v) is 13.5. The summed E-state index contributed by atoms with van der Waals surface area (Å²) in [6.45, 7) is 6.61. The molecule has 0 amide bonds. The van der Waals surface area contributed by atoms with Gasteiger partial charge in [-0.15, -0.1) is 0 Å². The van der Waals surface area contributed by atoms with Gasteiger partial charge < -0.3 is 9.80 Å². The highest BCUT2D eigenvalue weighted by atomic mass is 35.5. The Hall–Kier alpha value is -0.910. The van der Waals surface area contributed by atoms with Gasteiger partial charge in [0.25, 0.3) is 0 Å². The number of piperazine rings is 1. The monoisotopic (exact) mass is 309 g/mol. The van der Waals surface area contributed by atoms with Gasteiger partial charge in [-0.3, -0.25) is 4.90 Å². The molecule has 5 nitrogen and oxygen atoms in total. The number of likely N-dealkylation sites (tertiary alicyclic amines) is 1. The quantitative estimate of drug-likeness (QED) is 0.850. The van der Waals surface area contributed by atoms with E-state index >= 15 is 0 Å². The number of piperidine rings is 1. The van der Waals surface area contributed by atoms with Gasteiger partial charge in [0.15, 0.2) is 5.82 Å². The molecule has 0 N–H and O–H groups in total. The maximum Gasteiger partial charge on any atom is 0.150 e. The van der Waals surface area contributed by atoms with E-state index in [2.05, 4.69) is 31.7 Å². The number of likely N-dealkylation sites (N-methyl/N-ethyl adjacent to an activating group) is 1. The van der Waals surface area contributed by atoms with Gasteiger partial charge in [-0.25, -0.2) is 9.97 Å². The molecule has 6 heteroatoms. The highest BCUT2D eigenvalue weighted by Crippen LogP contribution is 2.23. The average molecular weight is 310 g/mol. The van der Waals surface area contributed by atoms with Crippen LogP contribution in [0.1, 0.15) is 19.3 Å². The van der Waals surface area contributed by atoms with Gasteiger partial charge in [0.05, 0.1) is 6.20 Å². The van der Waals surface area contributed by atoms with Crippen LogP contribution in [0.2, 0.25) is 5.02 Å². The number of anilines is 1. The molecule has 1 unspecified atom stereocenters. The van der Waals surface area contributed by atoms with Crippen molar-refractivity contribution in [3.63, 3.8) is 0 Å². The summed E-state index contributed by atoms with van der Waals surface area (Å²) in [5, 5.41) is 0.651. The second kappa shape index (κ2) is 6.90. The lowest BCUT2D eigenvalue weighted by Crippen LogP contribution is -2.52. The first kappa shape index (κ1) is 15.0. The van der Waals surface area contributed by atoms with E-state index in [1.165, 1.54) is 32.4 Å². The van der Waals surface area contributed by atoms with Gasteiger partial charge in [-0.1, -0.05) is 18.0 Å². The molecule has 0 radical (unpaired) electrons. The Morgan fingerprint density at radius 1 is 1.19 bits per heavy atom. The van der Waals surface area contributed by atoms with Crippen LogP contribution in [0.4, 0.5) is 5.82 Å². The number of halogens is 1. The smallest absolute Gasteiger partial charge is 0.150 e. The van der Waals surface area contributed by atoms with Crippen LogP contribution >= 0.6 is 11.6 Å². The second-order valence-electron chi connectivity index (χ2n) is 6.11. The van der Waals surface area contributed by atoms with Crippen molar-refractivity contribution < 1.29 is 0 Å². The third-order valence-corrected chi connectivity index (χ3v) is 4.98. The summed E-state index contributed by atoms with van der Waals surface area (Å²) in [6.07, 6.45) is 7.32. The normalized spacial score (nSPS) is 25.2. The number of hydrogen-bond donors (Lipinski definition) is 0. The Labute approximate surface area is 131 Å². The Balaban J connectivity index is 1.52. The van der Waals surface area contributed by atoms with Crippen molar-refractivity contribution in [2.75, 3.05) is 51.2 Å². The minimum Gasteiger partial charge on any atom is -0.353 e. The molecule has 0 aliphatic carbocycles. The molecule has 2 fully saturated rings. The van der Waals surface area contributed by atoms with E-state index in [1.54, 1.807) is 12.5 Å². The van der Waals surface area contributed by atoms with Crippen LogP contribution in [0, 0.1) is 0 Å². The SMILES string of the molecule is CN1CCCCC1CN1CCN(c2ncncc2Cl)CC1. The largest absolute Gasteiger partial charge is 0.353 e. The fraction of sp³-hybridized carbons (Fsp3) is 0.733. The molecule has 1 atom stereocenters. The van der Waals surface area contributed by atoms with E-state index in [1.807, 2.05) is 0 Å². The third kappa shape index (κ3) is 3.65. The van der Waals surface area contributed by atoms with Crippen LogP contribution in [-0.4, -0.2) is 72.1 Å². The molecular weight excluding hydrogens is 286 g/mol. The minimum absolute atomic E-state index is 0.651. The zero-order valence-electron chi connectivity index (χ0n) is 12.7. The van der Waals surface area contributed by atoms with Gasteiger partial charge >= 0.3 is 0 Å². The molecule has 3 heterocycles. The molecule has 0 spiro atoms. The fourth-order valence-electron chi connectivity index (χ4n) is 3.35. The lowest BCUT2D eigenvalue weighted by molar-refractivity contribution is 0.124. The lowest BCUT2D eigenvalue weighted by Gasteiger charge is -2.40. The van der Waals surface area contributed by atoms with Gasteiger partial charge in [0, 0.05) is 38.8 Å². The molecular formula is C15H24ClN5. The first-order chi connectivity index (χ1) is 10.2. The molecule has 2 saturated heterocycles. The van der Waals surface area contributed by atoms with Crippen molar-refractivity contribution >= 4 is 17.4 Å². The fourth-order valence-corrected chi connectivity index (χ4v) is 3.58. The van der Waals surface area contributed by atoms with E-state index in [4.69, 9.17) is 11.6 Å². The predicted octanol–water partition coefficient (Wildman–Crippen LogP) is 1.74. The first-order valence-corrected chi connectivity index (χ1v) is 8.25. The Morgan fingerprint density at radius 3 is 2.71 bits per heavy atom. The van der Waals surface area contributed by atoms with Gasteiger partial charge in [0.2, 0.25) is 0 Å². The number of rotatable bonds is 3. The van der Waals surface area contributed by atoms with Crippen LogP contribution < -0.4 is 4.90 Å². The maximum atomic E-state index is 6.18. The van der Waals surface area contributed by atoms with Crippen LogP contribution in [-0.2, 0) is 0 Å². The number of aromatic nitrogens is 2. The van der Waals surface area contributed by atoms with E-state index in [9.17, 15) is 0 Å². The number of nitrogens with zero attached hydrogens (tertiary/aromatic N) is 5. The summed E-state index contributed by atoms with van der Waals surface area (Å²) < 4.78 is 0. The predicted molar refractivity (Wildman–Crippen MR) is 86.0 cm³/mol. The summed E-state index contributed by atoms with van der Waals surface area (Å²) in [6, 6.07) is 0.730. The van der Waals surface area contributed by atoms with Crippen LogP contribution in [0.3, 0.4) is 0 Å². The molecule has 2 aliphatic heterocycles. The van der Waals surface area contributed by atoms with E-state index < -0.39 is 0 Å². The van der Waals surface area contributed by atoms with E-state index in [-0.39, 0.29) is 0 Å². The molecule has 0 aromatic carbocycles. The summed E-state index contributed by atoms with van der Waals surface area (Å²) >= 11 is 6.18. The topological polar surface area (TPSA) is 35.5 Å². The van der Waals surface area contributed by atoms with Gasteiger partial charge in [-0.05, 0) is 26.4 Å². The summed E-state index contributed by atoms with van der Waals surface area (Å²) in [5.41, 5.74) is 0.